The Labute approximate surface area is 126 Å². The van der Waals surface area contributed by atoms with Gasteiger partial charge in [-0.1, -0.05) is 19.9 Å². The van der Waals surface area contributed by atoms with E-state index in [-0.39, 0.29) is 11.0 Å². The minimum Gasteiger partial charge on any atom is -0.377 e. The van der Waals surface area contributed by atoms with E-state index in [1.165, 1.54) is 4.88 Å². The monoisotopic (exact) mass is 294 g/mol. The fourth-order valence-electron chi connectivity index (χ4n) is 4.08. The van der Waals surface area contributed by atoms with E-state index in [0.717, 1.165) is 32.5 Å². The summed E-state index contributed by atoms with van der Waals surface area (Å²) in [5, 5.41) is 2.15. The first kappa shape index (κ1) is 14.5. The lowest BCUT2D eigenvalue weighted by molar-refractivity contribution is -0.161. The van der Waals surface area contributed by atoms with Gasteiger partial charge in [0, 0.05) is 41.4 Å². The second-order valence-corrected chi connectivity index (χ2v) is 8.05. The summed E-state index contributed by atoms with van der Waals surface area (Å²) in [6.45, 7) is 7.47. The van der Waals surface area contributed by atoms with Crippen molar-refractivity contribution in [1.29, 1.82) is 0 Å². The molecule has 3 rings (SSSR count). The molecule has 3 nitrogen and oxygen atoms in total. The Balaban J connectivity index is 1.59. The van der Waals surface area contributed by atoms with E-state index in [2.05, 4.69) is 43.3 Å². The normalized spacial score (nSPS) is 35.0. The Morgan fingerprint density at radius 2 is 2.30 bits per heavy atom. The molecule has 1 aromatic heterocycles. The molecule has 1 aromatic rings. The third kappa shape index (κ3) is 2.13. The summed E-state index contributed by atoms with van der Waals surface area (Å²) in [6, 6.07) is 4.34. The van der Waals surface area contributed by atoms with E-state index >= 15 is 0 Å². The van der Waals surface area contributed by atoms with Crippen LogP contribution >= 0.6 is 11.3 Å². The average molecular weight is 294 g/mol. The molecule has 2 heterocycles. The van der Waals surface area contributed by atoms with Gasteiger partial charge >= 0.3 is 0 Å². The number of likely N-dealkylation sites (N-methyl/N-ethyl adjacent to an activating group) is 1. The molecule has 2 N–H and O–H groups in total. The summed E-state index contributed by atoms with van der Waals surface area (Å²) in [4.78, 5) is 3.86. The summed E-state index contributed by atoms with van der Waals surface area (Å²) >= 11 is 1.84. The molecule has 0 amide bonds. The number of fused-ring (bicyclic) bond motifs is 1. The lowest BCUT2D eigenvalue weighted by Crippen LogP contribution is -2.78. The largest absolute Gasteiger partial charge is 0.377 e. The quantitative estimate of drug-likeness (QED) is 0.906. The maximum atomic E-state index is 6.80. The highest BCUT2D eigenvalue weighted by atomic mass is 32.1. The molecule has 4 heteroatoms. The lowest BCUT2D eigenvalue weighted by Gasteiger charge is -2.63. The maximum absolute atomic E-state index is 6.80. The Bertz CT molecular complexity index is 459. The van der Waals surface area contributed by atoms with Crippen molar-refractivity contribution in [3.8, 4) is 0 Å². The van der Waals surface area contributed by atoms with E-state index < -0.39 is 0 Å². The summed E-state index contributed by atoms with van der Waals surface area (Å²) in [5.74, 6) is 0.543. The highest BCUT2D eigenvalue weighted by molar-refractivity contribution is 7.09. The van der Waals surface area contributed by atoms with Crippen LogP contribution in [0, 0.1) is 11.3 Å². The number of hydrogen-bond acceptors (Lipinski definition) is 4. The number of rotatable bonds is 5. The van der Waals surface area contributed by atoms with Crippen LogP contribution in [0.4, 0.5) is 0 Å². The van der Waals surface area contributed by atoms with Gasteiger partial charge in [-0.25, -0.2) is 0 Å². The first-order valence-electron chi connectivity index (χ1n) is 7.56. The van der Waals surface area contributed by atoms with Gasteiger partial charge in [0.25, 0.3) is 0 Å². The van der Waals surface area contributed by atoms with Crippen molar-refractivity contribution in [3.05, 3.63) is 22.4 Å². The van der Waals surface area contributed by atoms with Crippen LogP contribution in [0.25, 0.3) is 0 Å². The first-order valence-corrected chi connectivity index (χ1v) is 8.44. The van der Waals surface area contributed by atoms with Crippen LogP contribution in [0.3, 0.4) is 0 Å². The SMILES string of the molecule is CN(CCc1cccs1)CC1(N)C2CCOC2C1(C)C. The topological polar surface area (TPSA) is 38.5 Å². The van der Waals surface area contributed by atoms with Gasteiger partial charge in [0.15, 0.2) is 0 Å². The molecule has 3 unspecified atom stereocenters. The molecule has 1 aliphatic heterocycles. The van der Waals surface area contributed by atoms with Crippen LogP contribution in [0.2, 0.25) is 0 Å². The van der Waals surface area contributed by atoms with E-state index in [1.807, 2.05) is 11.3 Å². The zero-order valence-electron chi connectivity index (χ0n) is 12.8. The van der Waals surface area contributed by atoms with Gasteiger partial charge in [0.2, 0.25) is 0 Å². The Morgan fingerprint density at radius 1 is 1.50 bits per heavy atom. The molecule has 3 atom stereocenters. The highest BCUT2D eigenvalue weighted by Gasteiger charge is 2.67. The molecule has 112 valence electrons. The molecule has 20 heavy (non-hydrogen) atoms. The highest BCUT2D eigenvalue weighted by Crippen LogP contribution is 2.58. The van der Waals surface area contributed by atoms with Crippen molar-refractivity contribution in [3.63, 3.8) is 0 Å². The van der Waals surface area contributed by atoms with Crippen LogP contribution in [0.15, 0.2) is 17.5 Å². The van der Waals surface area contributed by atoms with E-state index in [4.69, 9.17) is 10.5 Å². The number of nitrogens with zero attached hydrogens (tertiary/aromatic N) is 1. The van der Waals surface area contributed by atoms with Crippen LogP contribution in [-0.2, 0) is 11.2 Å². The molecule has 0 radical (unpaired) electrons. The molecule has 1 aliphatic carbocycles. The Morgan fingerprint density at radius 3 is 3.00 bits per heavy atom. The van der Waals surface area contributed by atoms with Crippen molar-refractivity contribution in [2.75, 3.05) is 26.7 Å². The molecule has 2 fully saturated rings. The summed E-state index contributed by atoms with van der Waals surface area (Å²) in [5.41, 5.74) is 6.79. The predicted molar refractivity (Wildman–Crippen MR) is 84.1 cm³/mol. The number of ether oxygens (including phenoxy) is 1. The van der Waals surface area contributed by atoms with Crippen molar-refractivity contribution in [2.24, 2.45) is 17.1 Å². The predicted octanol–water partition coefficient (Wildman–Crippen LogP) is 2.36. The number of hydrogen-bond donors (Lipinski definition) is 1. The molecular weight excluding hydrogens is 268 g/mol. The van der Waals surface area contributed by atoms with Crippen molar-refractivity contribution in [2.45, 2.75) is 38.3 Å². The third-order valence-corrected chi connectivity index (χ3v) is 6.45. The molecular formula is C16H26N2OS. The summed E-state index contributed by atoms with van der Waals surface area (Å²) in [7, 11) is 2.20. The maximum Gasteiger partial charge on any atom is 0.0691 e. The van der Waals surface area contributed by atoms with E-state index in [9.17, 15) is 0 Å². The molecule has 1 saturated heterocycles. The summed E-state index contributed by atoms with van der Waals surface area (Å²) < 4.78 is 5.87. The molecule has 0 aromatic carbocycles. The fraction of sp³-hybridized carbons (Fsp3) is 0.750. The van der Waals surface area contributed by atoms with Crippen molar-refractivity contribution in [1.82, 2.24) is 4.90 Å². The smallest absolute Gasteiger partial charge is 0.0691 e. The zero-order chi connectivity index (χ0) is 14.4. The van der Waals surface area contributed by atoms with Gasteiger partial charge in [-0.05, 0) is 31.3 Å². The van der Waals surface area contributed by atoms with Gasteiger partial charge in [0.1, 0.15) is 0 Å². The third-order valence-electron chi connectivity index (χ3n) is 5.52. The van der Waals surface area contributed by atoms with Crippen molar-refractivity contribution >= 4 is 11.3 Å². The minimum atomic E-state index is -0.0988. The van der Waals surface area contributed by atoms with Crippen LogP contribution in [0.5, 0.6) is 0 Å². The Hall–Kier alpha value is -0.420. The molecule has 0 spiro atoms. The molecule has 2 aliphatic rings. The number of nitrogens with two attached hydrogens (primary N) is 1. The van der Waals surface area contributed by atoms with Gasteiger partial charge in [0.05, 0.1) is 6.10 Å². The van der Waals surface area contributed by atoms with Crippen molar-refractivity contribution < 1.29 is 4.74 Å². The average Bonchev–Trinajstić information content (AvgIpc) is 3.06. The second-order valence-electron chi connectivity index (χ2n) is 7.02. The van der Waals surface area contributed by atoms with Gasteiger partial charge in [-0.15, -0.1) is 11.3 Å². The fourth-order valence-corrected chi connectivity index (χ4v) is 4.78. The van der Waals surface area contributed by atoms with Gasteiger partial charge < -0.3 is 15.4 Å². The van der Waals surface area contributed by atoms with Gasteiger partial charge in [-0.3, -0.25) is 0 Å². The minimum absolute atomic E-state index is 0.0886. The zero-order valence-corrected chi connectivity index (χ0v) is 13.6. The first-order chi connectivity index (χ1) is 9.45. The van der Waals surface area contributed by atoms with E-state index in [0.29, 0.717) is 12.0 Å². The standard InChI is InChI=1S/C16H26N2OS/c1-15(2)14-13(7-9-19-14)16(15,17)11-18(3)8-6-12-5-4-10-20-12/h4-5,10,13-14H,6-9,11,17H2,1-3H3. The van der Waals surface area contributed by atoms with E-state index in [1.54, 1.807) is 0 Å². The molecule has 1 saturated carbocycles. The van der Waals surface area contributed by atoms with Crippen LogP contribution in [0.1, 0.15) is 25.1 Å². The van der Waals surface area contributed by atoms with Crippen LogP contribution in [-0.4, -0.2) is 43.3 Å². The molecule has 0 bridgehead atoms. The second kappa shape index (κ2) is 5.09. The number of thiophene rings is 1. The Kier molecular flexibility index (Phi) is 3.70. The lowest BCUT2D eigenvalue weighted by atomic mass is 9.48. The summed E-state index contributed by atoms with van der Waals surface area (Å²) in [6.07, 6.45) is 2.62. The van der Waals surface area contributed by atoms with Gasteiger partial charge in [-0.2, -0.15) is 0 Å². The van der Waals surface area contributed by atoms with Crippen LogP contribution < -0.4 is 5.73 Å².